The quantitative estimate of drug-likeness (QED) is 0.304. The Morgan fingerprint density at radius 2 is 1.58 bits per heavy atom. The van der Waals surface area contributed by atoms with Crippen LogP contribution in [0.15, 0.2) is 78.9 Å². The minimum atomic E-state index is -0.614. The van der Waals surface area contributed by atoms with Crippen LogP contribution in [-0.2, 0) is 4.79 Å². The second-order valence-electron chi connectivity index (χ2n) is 7.03. The molecule has 3 rings (SSSR count). The molecule has 0 aliphatic carbocycles. The Morgan fingerprint density at radius 1 is 0.848 bits per heavy atom. The van der Waals surface area contributed by atoms with Crippen LogP contribution in [0.25, 0.3) is 6.08 Å². The van der Waals surface area contributed by atoms with Crippen molar-refractivity contribution in [1.82, 2.24) is 10.9 Å². The highest BCUT2D eigenvalue weighted by Crippen LogP contribution is 2.14. The van der Waals surface area contributed by atoms with Gasteiger partial charge in [-0.05, 0) is 55.0 Å². The van der Waals surface area contributed by atoms with Crippen molar-refractivity contribution < 1.29 is 19.3 Å². The van der Waals surface area contributed by atoms with Crippen LogP contribution < -0.4 is 16.2 Å². The van der Waals surface area contributed by atoms with Crippen LogP contribution >= 0.6 is 0 Å². The van der Waals surface area contributed by atoms with Gasteiger partial charge in [-0.1, -0.05) is 29.8 Å². The first-order valence-corrected chi connectivity index (χ1v) is 9.83. The van der Waals surface area contributed by atoms with Crippen molar-refractivity contribution in [3.05, 3.63) is 111 Å². The Hall–Kier alpha value is -4.79. The Kier molecular flexibility index (Phi) is 7.28. The number of hydrogen-bond acceptors (Lipinski definition) is 5. The van der Waals surface area contributed by atoms with Crippen LogP contribution in [0.4, 0.5) is 11.4 Å². The maximum Gasteiger partial charge on any atom is 0.270 e. The lowest BCUT2D eigenvalue weighted by Gasteiger charge is -2.08. The number of nitrogens with zero attached hydrogens (tertiary/aromatic N) is 1. The van der Waals surface area contributed by atoms with Gasteiger partial charge >= 0.3 is 0 Å². The smallest absolute Gasteiger partial charge is 0.270 e. The van der Waals surface area contributed by atoms with E-state index in [9.17, 15) is 24.5 Å². The molecule has 0 aliphatic heterocycles. The molecule has 0 heterocycles. The highest BCUT2D eigenvalue weighted by Gasteiger charge is 2.09. The minimum Gasteiger partial charge on any atom is -0.322 e. The predicted molar refractivity (Wildman–Crippen MR) is 123 cm³/mol. The molecule has 9 heteroatoms. The van der Waals surface area contributed by atoms with E-state index in [1.165, 1.54) is 36.4 Å². The summed E-state index contributed by atoms with van der Waals surface area (Å²) in [6.07, 6.45) is 2.53. The summed E-state index contributed by atoms with van der Waals surface area (Å²) >= 11 is 0. The Morgan fingerprint density at radius 3 is 2.27 bits per heavy atom. The molecule has 0 radical (unpaired) electrons. The maximum absolute atomic E-state index is 12.3. The number of non-ortho nitro benzene ring substituents is 1. The fraction of sp³-hybridized carbons (Fsp3) is 0.0417. The predicted octanol–water partition coefficient (Wildman–Crippen LogP) is 3.63. The zero-order valence-corrected chi connectivity index (χ0v) is 17.6. The monoisotopic (exact) mass is 444 g/mol. The third kappa shape index (κ3) is 6.59. The average molecular weight is 444 g/mol. The molecular weight excluding hydrogens is 424 g/mol. The topological polar surface area (TPSA) is 130 Å². The molecule has 0 saturated heterocycles. The van der Waals surface area contributed by atoms with Crippen molar-refractivity contribution >= 4 is 35.2 Å². The summed E-state index contributed by atoms with van der Waals surface area (Å²) in [6.45, 7) is 1.90. The average Bonchev–Trinajstić information content (AvgIpc) is 2.81. The van der Waals surface area contributed by atoms with Crippen molar-refractivity contribution in [1.29, 1.82) is 0 Å². The van der Waals surface area contributed by atoms with Gasteiger partial charge in [-0.25, -0.2) is 0 Å². The van der Waals surface area contributed by atoms with Crippen LogP contribution in [0.3, 0.4) is 0 Å². The van der Waals surface area contributed by atoms with E-state index in [-0.39, 0.29) is 17.2 Å². The lowest BCUT2D eigenvalue weighted by molar-refractivity contribution is -0.384. The third-order valence-corrected chi connectivity index (χ3v) is 4.49. The van der Waals surface area contributed by atoms with Crippen LogP contribution in [0, 0.1) is 17.0 Å². The van der Waals surface area contributed by atoms with E-state index >= 15 is 0 Å². The number of benzene rings is 3. The molecule has 0 saturated carbocycles. The van der Waals surface area contributed by atoms with E-state index in [0.29, 0.717) is 16.8 Å². The van der Waals surface area contributed by atoms with E-state index < -0.39 is 16.7 Å². The summed E-state index contributed by atoms with van der Waals surface area (Å²) < 4.78 is 0. The van der Waals surface area contributed by atoms with Gasteiger partial charge in [-0.2, -0.15) is 0 Å². The fourth-order valence-corrected chi connectivity index (χ4v) is 2.84. The molecule has 3 aromatic rings. The summed E-state index contributed by atoms with van der Waals surface area (Å²) in [7, 11) is 0. The number of nitrogens with one attached hydrogen (secondary N) is 3. The summed E-state index contributed by atoms with van der Waals surface area (Å²) in [5.41, 5.74) is 7.16. The second kappa shape index (κ2) is 10.5. The van der Waals surface area contributed by atoms with Gasteiger partial charge < -0.3 is 5.32 Å². The number of carbonyl (C=O) groups is 3. The molecule has 3 aromatic carbocycles. The van der Waals surface area contributed by atoms with Crippen LogP contribution in [0.2, 0.25) is 0 Å². The van der Waals surface area contributed by atoms with Gasteiger partial charge in [0.15, 0.2) is 0 Å². The zero-order valence-electron chi connectivity index (χ0n) is 17.6. The number of rotatable bonds is 6. The van der Waals surface area contributed by atoms with Gasteiger partial charge in [0.05, 0.1) is 4.92 Å². The van der Waals surface area contributed by atoms with E-state index in [1.807, 2.05) is 13.0 Å². The van der Waals surface area contributed by atoms with Crippen molar-refractivity contribution in [2.45, 2.75) is 6.92 Å². The summed E-state index contributed by atoms with van der Waals surface area (Å²) in [4.78, 5) is 46.7. The number of hydrogen-bond donors (Lipinski definition) is 3. The molecule has 0 unspecified atom stereocenters. The molecule has 0 atom stereocenters. The van der Waals surface area contributed by atoms with Crippen LogP contribution in [0.5, 0.6) is 0 Å². The summed E-state index contributed by atoms with van der Waals surface area (Å²) in [6, 6.07) is 19.1. The van der Waals surface area contributed by atoms with Gasteiger partial charge in [0.2, 0.25) is 0 Å². The fourth-order valence-electron chi connectivity index (χ4n) is 2.84. The van der Waals surface area contributed by atoms with Crippen molar-refractivity contribution in [3.8, 4) is 0 Å². The third-order valence-electron chi connectivity index (χ3n) is 4.49. The molecular formula is C24H20N4O5. The molecule has 0 fully saturated rings. The number of anilines is 1. The first-order valence-electron chi connectivity index (χ1n) is 9.83. The molecule has 3 amide bonds. The molecule has 0 aromatic heterocycles. The molecule has 0 aliphatic rings. The Balaban J connectivity index is 1.52. The van der Waals surface area contributed by atoms with Crippen molar-refractivity contribution in [3.63, 3.8) is 0 Å². The summed E-state index contributed by atoms with van der Waals surface area (Å²) in [5.74, 6) is -1.43. The number of hydrazine groups is 1. The lowest BCUT2D eigenvalue weighted by Crippen LogP contribution is -2.40. The van der Waals surface area contributed by atoms with E-state index in [0.717, 1.165) is 11.6 Å². The lowest BCUT2D eigenvalue weighted by atomic mass is 10.1. The van der Waals surface area contributed by atoms with Gasteiger partial charge in [-0.3, -0.25) is 35.3 Å². The van der Waals surface area contributed by atoms with E-state index in [1.54, 1.807) is 36.4 Å². The van der Waals surface area contributed by atoms with Gasteiger partial charge in [0.1, 0.15) is 0 Å². The van der Waals surface area contributed by atoms with E-state index in [4.69, 9.17) is 0 Å². The first-order chi connectivity index (χ1) is 15.8. The largest absolute Gasteiger partial charge is 0.322 e. The Bertz CT molecular complexity index is 1240. The van der Waals surface area contributed by atoms with E-state index in [2.05, 4.69) is 16.2 Å². The second-order valence-corrected chi connectivity index (χ2v) is 7.03. The number of carbonyl (C=O) groups excluding carboxylic acids is 3. The number of nitro groups is 1. The standard InChI is InChI=1S/C24H20N4O5/c1-16-4-2-6-19(14-16)23(30)25-20-11-9-18(10-12-20)24(31)27-26-22(29)13-8-17-5-3-7-21(15-17)28(32)33/h2-15H,1H3,(H,25,30)(H,26,29)(H,27,31)/b13-8+. The normalized spacial score (nSPS) is 10.5. The highest BCUT2D eigenvalue weighted by atomic mass is 16.6. The Labute approximate surface area is 189 Å². The molecule has 0 spiro atoms. The SMILES string of the molecule is Cc1cccc(C(=O)Nc2ccc(C(=O)NNC(=O)/C=C/c3cccc([N+](=O)[O-])c3)cc2)c1. The summed E-state index contributed by atoms with van der Waals surface area (Å²) in [5, 5.41) is 13.5. The van der Waals surface area contributed by atoms with Crippen LogP contribution in [0.1, 0.15) is 31.8 Å². The minimum absolute atomic E-state index is 0.0932. The van der Waals surface area contributed by atoms with Gasteiger partial charge in [-0.15, -0.1) is 0 Å². The van der Waals surface area contributed by atoms with Gasteiger partial charge in [0, 0.05) is 35.0 Å². The van der Waals surface area contributed by atoms with Crippen molar-refractivity contribution in [2.75, 3.05) is 5.32 Å². The van der Waals surface area contributed by atoms with Crippen LogP contribution in [-0.4, -0.2) is 22.6 Å². The first kappa shape index (κ1) is 22.9. The zero-order chi connectivity index (χ0) is 23.8. The molecule has 0 bridgehead atoms. The number of aryl methyl sites for hydroxylation is 1. The maximum atomic E-state index is 12.3. The molecule has 33 heavy (non-hydrogen) atoms. The molecule has 3 N–H and O–H groups in total. The number of amides is 3. The number of nitro benzene ring substituents is 1. The molecule has 9 nitrogen and oxygen atoms in total. The van der Waals surface area contributed by atoms with Crippen molar-refractivity contribution in [2.24, 2.45) is 0 Å². The van der Waals surface area contributed by atoms with Gasteiger partial charge in [0.25, 0.3) is 23.4 Å². The highest BCUT2D eigenvalue weighted by molar-refractivity contribution is 6.04. The molecule has 166 valence electrons.